The first-order chi connectivity index (χ1) is 11.7. The van der Waals surface area contributed by atoms with E-state index in [1.54, 1.807) is 0 Å². The molecule has 1 saturated heterocycles. The number of nitrogens with zero attached hydrogens (tertiary/aromatic N) is 3. The molecule has 1 aromatic carbocycles. The van der Waals surface area contributed by atoms with Crippen LogP contribution in [0.1, 0.15) is 37.0 Å². The third-order valence-corrected chi connectivity index (χ3v) is 4.31. The van der Waals surface area contributed by atoms with E-state index in [-0.39, 0.29) is 5.91 Å². The zero-order chi connectivity index (χ0) is 16.8. The molecule has 1 amide bonds. The molecule has 0 aliphatic carbocycles. The maximum atomic E-state index is 12.1. The Labute approximate surface area is 142 Å². The average molecular weight is 328 g/mol. The van der Waals surface area contributed by atoms with Crippen molar-refractivity contribution in [1.29, 1.82) is 0 Å². The van der Waals surface area contributed by atoms with Gasteiger partial charge in [-0.15, -0.1) is 0 Å². The molecule has 128 valence electrons. The van der Waals surface area contributed by atoms with Crippen LogP contribution in [-0.2, 0) is 24.2 Å². The molecule has 1 unspecified atom stereocenters. The molecule has 2 heterocycles. The quantitative estimate of drug-likeness (QED) is 0.841. The molecule has 1 aliphatic rings. The van der Waals surface area contributed by atoms with Crippen LogP contribution in [-0.4, -0.2) is 40.1 Å². The fourth-order valence-corrected chi connectivity index (χ4v) is 2.96. The summed E-state index contributed by atoms with van der Waals surface area (Å²) in [5.41, 5.74) is 1.17. The zero-order valence-corrected chi connectivity index (χ0v) is 14.1. The number of piperidine rings is 1. The van der Waals surface area contributed by atoms with Crippen LogP contribution in [0, 0.1) is 0 Å². The number of rotatable bonds is 7. The zero-order valence-electron chi connectivity index (χ0n) is 14.1. The van der Waals surface area contributed by atoms with Crippen LogP contribution in [0.2, 0.25) is 0 Å². The summed E-state index contributed by atoms with van der Waals surface area (Å²) in [6.07, 6.45) is 3.00. The first kappa shape index (κ1) is 16.6. The van der Waals surface area contributed by atoms with E-state index in [0.29, 0.717) is 24.9 Å². The Morgan fingerprint density at radius 2 is 2.17 bits per heavy atom. The van der Waals surface area contributed by atoms with Crippen LogP contribution in [0.3, 0.4) is 0 Å². The van der Waals surface area contributed by atoms with Gasteiger partial charge in [-0.2, -0.15) is 4.98 Å². The Bertz CT molecular complexity index is 656. The van der Waals surface area contributed by atoms with Gasteiger partial charge < -0.3 is 14.7 Å². The van der Waals surface area contributed by atoms with E-state index in [4.69, 9.17) is 4.52 Å². The van der Waals surface area contributed by atoms with Crippen LogP contribution in [0.4, 0.5) is 0 Å². The van der Waals surface area contributed by atoms with E-state index in [2.05, 4.69) is 27.6 Å². The van der Waals surface area contributed by atoms with Crippen LogP contribution < -0.4 is 5.32 Å². The Balaban J connectivity index is 1.47. The summed E-state index contributed by atoms with van der Waals surface area (Å²) in [5.74, 6) is 1.66. The summed E-state index contributed by atoms with van der Waals surface area (Å²) in [6.45, 7) is 4.22. The molecule has 1 N–H and O–H groups in total. The van der Waals surface area contributed by atoms with Crippen molar-refractivity contribution in [3.8, 4) is 0 Å². The lowest BCUT2D eigenvalue weighted by Gasteiger charge is -2.33. The Hall–Kier alpha value is -2.21. The van der Waals surface area contributed by atoms with Crippen molar-refractivity contribution in [3.05, 3.63) is 47.6 Å². The molecule has 0 bridgehead atoms. The first-order valence-corrected chi connectivity index (χ1v) is 8.61. The van der Waals surface area contributed by atoms with Gasteiger partial charge in [-0.3, -0.25) is 4.79 Å². The number of likely N-dealkylation sites (tertiary alicyclic amines) is 1. The molecule has 6 nitrogen and oxygen atoms in total. The van der Waals surface area contributed by atoms with Gasteiger partial charge in [0, 0.05) is 44.9 Å². The molecule has 1 fully saturated rings. The summed E-state index contributed by atoms with van der Waals surface area (Å²) in [6, 6.07) is 10.5. The largest absolute Gasteiger partial charge is 0.339 e. The molecular formula is C18H24N4O2. The SMILES string of the molecule is CCc1nc(CCNC2CCC(=O)N(Cc3ccccc3)C2)no1. The molecule has 6 heteroatoms. The molecule has 1 aliphatic heterocycles. The predicted molar refractivity (Wildman–Crippen MR) is 90.3 cm³/mol. The summed E-state index contributed by atoms with van der Waals surface area (Å²) in [5, 5.41) is 7.48. The highest BCUT2D eigenvalue weighted by Crippen LogP contribution is 2.15. The standard InChI is InChI=1S/C18H24N4O2/c1-2-17-20-16(21-24-17)10-11-19-15-8-9-18(23)22(13-15)12-14-6-4-3-5-7-14/h3-7,15,19H,2,8-13H2,1H3. The summed E-state index contributed by atoms with van der Waals surface area (Å²) < 4.78 is 5.11. The number of carbonyl (C=O) groups is 1. The Morgan fingerprint density at radius 3 is 2.92 bits per heavy atom. The lowest BCUT2D eigenvalue weighted by molar-refractivity contribution is -0.134. The molecule has 24 heavy (non-hydrogen) atoms. The maximum Gasteiger partial charge on any atom is 0.226 e. The van der Waals surface area contributed by atoms with Crippen molar-refractivity contribution < 1.29 is 9.32 Å². The second-order valence-corrected chi connectivity index (χ2v) is 6.16. The fourth-order valence-electron chi connectivity index (χ4n) is 2.96. The molecule has 0 radical (unpaired) electrons. The monoisotopic (exact) mass is 328 g/mol. The number of carbonyl (C=O) groups excluding carboxylic acids is 1. The van der Waals surface area contributed by atoms with E-state index < -0.39 is 0 Å². The van der Waals surface area contributed by atoms with E-state index in [0.717, 1.165) is 38.2 Å². The van der Waals surface area contributed by atoms with Gasteiger partial charge in [0.2, 0.25) is 11.8 Å². The lowest BCUT2D eigenvalue weighted by atomic mass is 10.0. The number of aromatic nitrogens is 2. The highest BCUT2D eigenvalue weighted by Gasteiger charge is 2.25. The minimum Gasteiger partial charge on any atom is -0.339 e. The van der Waals surface area contributed by atoms with Gasteiger partial charge in [-0.05, 0) is 12.0 Å². The molecule has 1 atom stereocenters. The Kier molecular flexibility index (Phi) is 5.59. The average Bonchev–Trinajstić information content (AvgIpc) is 3.07. The van der Waals surface area contributed by atoms with E-state index in [1.165, 1.54) is 5.56 Å². The predicted octanol–water partition coefficient (Wildman–Crippen LogP) is 1.96. The third-order valence-electron chi connectivity index (χ3n) is 4.31. The number of nitrogens with one attached hydrogen (secondary N) is 1. The molecule has 1 aromatic heterocycles. The van der Waals surface area contributed by atoms with Gasteiger partial charge in [0.05, 0.1) is 0 Å². The van der Waals surface area contributed by atoms with E-state index in [1.807, 2.05) is 30.0 Å². The molecular weight excluding hydrogens is 304 g/mol. The summed E-state index contributed by atoms with van der Waals surface area (Å²) in [7, 11) is 0. The minimum atomic E-state index is 0.239. The maximum absolute atomic E-state index is 12.1. The summed E-state index contributed by atoms with van der Waals surface area (Å²) >= 11 is 0. The number of benzene rings is 1. The number of aryl methyl sites for hydroxylation is 1. The molecule has 2 aromatic rings. The van der Waals surface area contributed by atoms with Crippen molar-refractivity contribution in [2.45, 2.75) is 45.2 Å². The second-order valence-electron chi connectivity index (χ2n) is 6.16. The minimum absolute atomic E-state index is 0.239. The van der Waals surface area contributed by atoms with Gasteiger partial charge in [0.15, 0.2) is 5.82 Å². The fraction of sp³-hybridized carbons (Fsp3) is 0.500. The van der Waals surface area contributed by atoms with Gasteiger partial charge >= 0.3 is 0 Å². The van der Waals surface area contributed by atoms with Gasteiger partial charge in [-0.1, -0.05) is 42.4 Å². The second kappa shape index (κ2) is 8.06. The van der Waals surface area contributed by atoms with Gasteiger partial charge in [0.25, 0.3) is 0 Å². The molecule has 0 spiro atoms. The van der Waals surface area contributed by atoms with E-state index >= 15 is 0 Å². The normalized spacial score (nSPS) is 18.1. The first-order valence-electron chi connectivity index (χ1n) is 8.61. The smallest absolute Gasteiger partial charge is 0.226 e. The van der Waals surface area contributed by atoms with Crippen LogP contribution in [0.5, 0.6) is 0 Å². The van der Waals surface area contributed by atoms with Crippen molar-refractivity contribution in [2.24, 2.45) is 0 Å². The van der Waals surface area contributed by atoms with E-state index in [9.17, 15) is 4.79 Å². The lowest BCUT2D eigenvalue weighted by Crippen LogP contribution is -2.48. The van der Waals surface area contributed by atoms with Crippen molar-refractivity contribution in [1.82, 2.24) is 20.4 Å². The van der Waals surface area contributed by atoms with Gasteiger partial charge in [-0.25, -0.2) is 0 Å². The molecule has 3 rings (SSSR count). The highest BCUT2D eigenvalue weighted by molar-refractivity contribution is 5.77. The highest BCUT2D eigenvalue weighted by atomic mass is 16.5. The van der Waals surface area contributed by atoms with Crippen molar-refractivity contribution in [2.75, 3.05) is 13.1 Å². The Morgan fingerprint density at radius 1 is 1.33 bits per heavy atom. The number of hydrogen-bond donors (Lipinski definition) is 1. The van der Waals surface area contributed by atoms with Gasteiger partial charge in [0.1, 0.15) is 0 Å². The van der Waals surface area contributed by atoms with Crippen LogP contribution in [0.25, 0.3) is 0 Å². The topological polar surface area (TPSA) is 71.3 Å². The third kappa shape index (κ3) is 4.41. The number of amides is 1. The van der Waals surface area contributed by atoms with Crippen molar-refractivity contribution in [3.63, 3.8) is 0 Å². The van der Waals surface area contributed by atoms with Crippen LogP contribution >= 0.6 is 0 Å². The van der Waals surface area contributed by atoms with Crippen molar-refractivity contribution >= 4 is 5.91 Å². The molecule has 0 saturated carbocycles. The van der Waals surface area contributed by atoms with Crippen LogP contribution in [0.15, 0.2) is 34.9 Å². The number of hydrogen-bond acceptors (Lipinski definition) is 5. The summed E-state index contributed by atoms with van der Waals surface area (Å²) in [4.78, 5) is 18.4.